The highest BCUT2D eigenvalue weighted by Gasteiger charge is 2.08. The molecule has 0 fully saturated rings. The Labute approximate surface area is 108 Å². The first-order valence-electron chi connectivity index (χ1n) is 6.21. The molecule has 1 aromatic carbocycles. The normalized spacial score (nSPS) is 9.94. The van der Waals surface area contributed by atoms with E-state index in [-0.39, 0.29) is 18.2 Å². The van der Waals surface area contributed by atoms with Gasteiger partial charge in [-0.2, -0.15) is 0 Å². The number of Topliss-reactive ketones (excluding diaryl/α,β-unsaturated/α-hetero) is 1. The Morgan fingerprint density at radius 1 is 1.11 bits per heavy atom. The van der Waals surface area contributed by atoms with E-state index in [1.54, 1.807) is 17.0 Å². The van der Waals surface area contributed by atoms with Crippen LogP contribution in [0.3, 0.4) is 0 Å². The molecule has 0 aliphatic heterocycles. The monoisotopic (exact) mass is 248 g/mol. The number of hydrogen-bond acceptors (Lipinski definition) is 3. The summed E-state index contributed by atoms with van der Waals surface area (Å²) in [6, 6.07) is 7.14. The van der Waals surface area contributed by atoms with Gasteiger partial charge in [-0.1, -0.05) is 0 Å². The van der Waals surface area contributed by atoms with Crippen LogP contribution in [0.5, 0.6) is 0 Å². The molecule has 1 N–H and O–H groups in total. The summed E-state index contributed by atoms with van der Waals surface area (Å²) in [6.07, 6.45) is 0. The van der Waals surface area contributed by atoms with E-state index in [1.807, 2.05) is 26.0 Å². The Bertz CT molecular complexity index is 408. The maximum Gasteiger partial charge on any atom is 0.241 e. The summed E-state index contributed by atoms with van der Waals surface area (Å²) in [6.45, 7) is 7.18. The highest BCUT2D eigenvalue weighted by atomic mass is 16.2. The van der Waals surface area contributed by atoms with Gasteiger partial charge in [-0.05, 0) is 45.0 Å². The Morgan fingerprint density at radius 3 is 2.11 bits per heavy atom. The number of ketones is 1. The van der Waals surface area contributed by atoms with Gasteiger partial charge in [0, 0.05) is 24.3 Å². The minimum Gasteiger partial charge on any atom is -0.376 e. The molecule has 0 atom stereocenters. The van der Waals surface area contributed by atoms with Gasteiger partial charge >= 0.3 is 0 Å². The number of likely N-dealkylation sites (N-methyl/N-ethyl adjacent to an activating group) is 1. The van der Waals surface area contributed by atoms with E-state index < -0.39 is 0 Å². The van der Waals surface area contributed by atoms with Crippen molar-refractivity contribution in [3.63, 3.8) is 0 Å². The molecular formula is C14H20N2O2. The van der Waals surface area contributed by atoms with Crippen LogP contribution in [0.4, 0.5) is 5.69 Å². The van der Waals surface area contributed by atoms with Crippen LogP contribution in [0.25, 0.3) is 0 Å². The zero-order chi connectivity index (χ0) is 13.5. The number of carbonyl (C=O) groups excluding carboxylic acids is 2. The van der Waals surface area contributed by atoms with Crippen LogP contribution >= 0.6 is 0 Å². The lowest BCUT2D eigenvalue weighted by atomic mass is 10.1. The third-order valence-corrected chi connectivity index (χ3v) is 2.85. The lowest BCUT2D eigenvalue weighted by molar-refractivity contribution is -0.128. The Kier molecular flexibility index (Phi) is 5.36. The van der Waals surface area contributed by atoms with Crippen LogP contribution in [0, 0.1) is 0 Å². The maximum absolute atomic E-state index is 11.8. The fraction of sp³-hybridized carbons (Fsp3) is 0.429. The summed E-state index contributed by atoms with van der Waals surface area (Å²) >= 11 is 0. The van der Waals surface area contributed by atoms with Gasteiger partial charge in [0.15, 0.2) is 5.78 Å². The van der Waals surface area contributed by atoms with Gasteiger partial charge in [0.1, 0.15) is 0 Å². The molecular weight excluding hydrogens is 228 g/mol. The molecule has 0 bridgehead atoms. The second-order valence-corrected chi connectivity index (χ2v) is 4.05. The topological polar surface area (TPSA) is 49.4 Å². The molecule has 0 saturated carbocycles. The highest BCUT2D eigenvalue weighted by molar-refractivity contribution is 5.94. The van der Waals surface area contributed by atoms with Crippen LogP contribution in [-0.4, -0.2) is 36.2 Å². The van der Waals surface area contributed by atoms with Crippen molar-refractivity contribution in [2.75, 3.05) is 25.0 Å². The summed E-state index contributed by atoms with van der Waals surface area (Å²) in [5.41, 5.74) is 1.52. The zero-order valence-corrected chi connectivity index (χ0v) is 11.2. The summed E-state index contributed by atoms with van der Waals surface area (Å²) in [7, 11) is 0. The molecule has 98 valence electrons. The summed E-state index contributed by atoms with van der Waals surface area (Å²) in [4.78, 5) is 24.6. The van der Waals surface area contributed by atoms with Crippen molar-refractivity contribution in [1.29, 1.82) is 0 Å². The number of amides is 1. The maximum atomic E-state index is 11.8. The molecule has 0 saturated heterocycles. The molecule has 1 aromatic rings. The first kappa shape index (κ1) is 14.2. The quantitative estimate of drug-likeness (QED) is 0.785. The number of hydrogen-bond donors (Lipinski definition) is 1. The summed E-state index contributed by atoms with van der Waals surface area (Å²) < 4.78 is 0. The first-order valence-corrected chi connectivity index (χ1v) is 6.21. The molecule has 0 aromatic heterocycles. The minimum absolute atomic E-state index is 0.0424. The van der Waals surface area contributed by atoms with E-state index in [1.165, 1.54) is 6.92 Å². The van der Waals surface area contributed by atoms with Gasteiger partial charge < -0.3 is 10.2 Å². The number of carbonyl (C=O) groups is 2. The van der Waals surface area contributed by atoms with Crippen molar-refractivity contribution in [3.8, 4) is 0 Å². The van der Waals surface area contributed by atoms with E-state index in [0.29, 0.717) is 5.56 Å². The minimum atomic E-state index is 0.0424. The van der Waals surface area contributed by atoms with Crippen LogP contribution in [-0.2, 0) is 4.79 Å². The Morgan fingerprint density at radius 2 is 1.67 bits per heavy atom. The smallest absolute Gasteiger partial charge is 0.241 e. The lowest BCUT2D eigenvalue weighted by Gasteiger charge is -2.19. The third kappa shape index (κ3) is 3.87. The van der Waals surface area contributed by atoms with Crippen molar-refractivity contribution >= 4 is 17.4 Å². The second-order valence-electron chi connectivity index (χ2n) is 4.05. The molecule has 4 heteroatoms. The van der Waals surface area contributed by atoms with Crippen LogP contribution in [0.15, 0.2) is 24.3 Å². The highest BCUT2D eigenvalue weighted by Crippen LogP contribution is 2.09. The van der Waals surface area contributed by atoms with Crippen LogP contribution in [0.1, 0.15) is 31.1 Å². The number of nitrogens with zero attached hydrogens (tertiary/aromatic N) is 1. The van der Waals surface area contributed by atoms with E-state index in [0.717, 1.165) is 18.8 Å². The molecule has 0 spiro atoms. The van der Waals surface area contributed by atoms with E-state index in [4.69, 9.17) is 0 Å². The Balaban J connectivity index is 2.53. The summed E-state index contributed by atoms with van der Waals surface area (Å²) in [5, 5.41) is 3.06. The van der Waals surface area contributed by atoms with E-state index in [9.17, 15) is 9.59 Å². The van der Waals surface area contributed by atoms with Crippen LogP contribution in [0.2, 0.25) is 0 Å². The van der Waals surface area contributed by atoms with Crippen molar-refractivity contribution in [2.45, 2.75) is 20.8 Å². The predicted molar refractivity (Wildman–Crippen MR) is 72.9 cm³/mol. The van der Waals surface area contributed by atoms with E-state index >= 15 is 0 Å². The van der Waals surface area contributed by atoms with Crippen molar-refractivity contribution in [3.05, 3.63) is 29.8 Å². The van der Waals surface area contributed by atoms with Gasteiger partial charge in [0.25, 0.3) is 0 Å². The van der Waals surface area contributed by atoms with Gasteiger partial charge in [-0.25, -0.2) is 0 Å². The van der Waals surface area contributed by atoms with Crippen molar-refractivity contribution < 1.29 is 9.59 Å². The fourth-order valence-corrected chi connectivity index (χ4v) is 1.69. The SMILES string of the molecule is CCN(CC)C(=O)CNc1ccc(C(C)=O)cc1. The van der Waals surface area contributed by atoms with Crippen molar-refractivity contribution in [1.82, 2.24) is 4.90 Å². The molecule has 4 nitrogen and oxygen atoms in total. The molecule has 18 heavy (non-hydrogen) atoms. The summed E-state index contributed by atoms with van der Waals surface area (Å²) in [5.74, 6) is 0.122. The molecule has 0 unspecified atom stereocenters. The number of nitrogens with one attached hydrogen (secondary N) is 1. The number of rotatable bonds is 6. The van der Waals surface area contributed by atoms with Gasteiger partial charge in [0.05, 0.1) is 6.54 Å². The Hall–Kier alpha value is -1.84. The second kappa shape index (κ2) is 6.79. The zero-order valence-electron chi connectivity index (χ0n) is 11.2. The molecule has 0 aliphatic rings. The van der Waals surface area contributed by atoms with Gasteiger partial charge in [-0.3, -0.25) is 9.59 Å². The average molecular weight is 248 g/mol. The van der Waals surface area contributed by atoms with E-state index in [2.05, 4.69) is 5.32 Å². The molecule has 0 radical (unpaired) electrons. The molecule has 0 heterocycles. The lowest BCUT2D eigenvalue weighted by Crippen LogP contribution is -2.35. The molecule has 1 amide bonds. The standard InChI is InChI=1S/C14H20N2O2/c1-4-16(5-2)14(18)10-15-13-8-6-12(7-9-13)11(3)17/h6-9,15H,4-5,10H2,1-3H3. The fourth-order valence-electron chi connectivity index (χ4n) is 1.69. The third-order valence-electron chi connectivity index (χ3n) is 2.85. The van der Waals surface area contributed by atoms with Crippen molar-refractivity contribution in [2.24, 2.45) is 0 Å². The molecule has 1 rings (SSSR count). The van der Waals surface area contributed by atoms with Gasteiger partial charge in [0.2, 0.25) is 5.91 Å². The van der Waals surface area contributed by atoms with Gasteiger partial charge in [-0.15, -0.1) is 0 Å². The number of anilines is 1. The average Bonchev–Trinajstić information content (AvgIpc) is 2.38. The van der Waals surface area contributed by atoms with Crippen LogP contribution < -0.4 is 5.32 Å². The molecule has 0 aliphatic carbocycles. The predicted octanol–water partition coefficient (Wildman–Crippen LogP) is 2.17. The first-order chi connectivity index (χ1) is 8.58. The largest absolute Gasteiger partial charge is 0.376 e. The number of benzene rings is 1.